The van der Waals surface area contributed by atoms with Crippen LogP contribution in [0.15, 0.2) is 60.7 Å². The van der Waals surface area contributed by atoms with Crippen LogP contribution in [-0.2, 0) is 9.59 Å². The number of fused-ring (bicyclic) bond motifs is 1. The van der Waals surface area contributed by atoms with E-state index in [1.807, 2.05) is 49.4 Å². The summed E-state index contributed by atoms with van der Waals surface area (Å²) in [5.41, 5.74) is 8.14. The third-order valence-electron chi connectivity index (χ3n) is 3.67. The number of rotatable bonds is 2. The molecule has 0 atom stereocenters. The number of carbonyl (C=O) groups excluding carboxylic acids is 2. The van der Waals surface area contributed by atoms with Crippen LogP contribution in [0.4, 0.5) is 17.1 Å². The minimum absolute atomic E-state index is 0.410. The normalized spacial score (nSPS) is 10.4. The molecule has 5 nitrogen and oxygen atoms in total. The number of hydrogen-bond donors (Lipinski definition) is 3. The van der Waals surface area contributed by atoms with Crippen molar-refractivity contribution in [1.82, 2.24) is 0 Å². The van der Waals surface area contributed by atoms with E-state index in [4.69, 9.17) is 5.73 Å². The van der Waals surface area contributed by atoms with Crippen molar-refractivity contribution in [1.29, 1.82) is 0 Å². The minimum atomic E-state index is -0.763. The predicted molar refractivity (Wildman–Crippen MR) is 96.8 cm³/mol. The van der Waals surface area contributed by atoms with Crippen LogP contribution in [-0.4, -0.2) is 11.8 Å². The van der Waals surface area contributed by atoms with E-state index < -0.39 is 11.8 Å². The van der Waals surface area contributed by atoms with Gasteiger partial charge in [0.1, 0.15) is 0 Å². The summed E-state index contributed by atoms with van der Waals surface area (Å²) in [5, 5.41) is 7.18. The number of benzene rings is 3. The maximum Gasteiger partial charge on any atom is 0.314 e. The second kappa shape index (κ2) is 6.42. The Morgan fingerprint density at radius 1 is 0.833 bits per heavy atom. The quantitative estimate of drug-likeness (QED) is 0.500. The Labute approximate surface area is 139 Å². The van der Waals surface area contributed by atoms with E-state index in [9.17, 15) is 9.59 Å². The first-order valence-electron chi connectivity index (χ1n) is 7.50. The SMILES string of the molecule is Cc1ccc(N)c(NC(=O)C(=O)Nc2ccc3ccccc3c2)c1. The highest BCUT2D eigenvalue weighted by Gasteiger charge is 2.15. The Bertz CT molecular complexity index is 935. The molecule has 120 valence electrons. The first kappa shape index (κ1) is 15.6. The summed E-state index contributed by atoms with van der Waals surface area (Å²) in [5.74, 6) is -1.51. The third-order valence-corrected chi connectivity index (χ3v) is 3.67. The van der Waals surface area contributed by atoms with Gasteiger partial charge in [-0.05, 0) is 47.5 Å². The van der Waals surface area contributed by atoms with E-state index >= 15 is 0 Å². The first-order valence-corrected chi connectivity index (χ1v) is 7.50. The number of hydrogen-bond acceptors (Lipinski definition) is 3. The fourth-order valence-corrected chi connectivity index (χ4v) is 2.41. The first-order chi connectivity index (χ1) is 11.5. The summed E-state index contributed by atoms with van der Waals surface area (Å²) < 4.78 is 0. The molecule has 0 heterocycles. The molecular formula is C19H17N3O2. The molecule has 2 amide bonds. The molecule has 0 bridgehead atoms. The molecular weight excluding hydrogens is 302 g/mol. The van der Waals surface area contributed by atoms with Gasteiger partial charge in [-0.1, -0.05) is 36.4 Å². The van der Waals surface area contributed by atoms with Gasteiger partial charge in [0.25, 0.3) is 0 Å². The van der Waals surface area contributed by atoms with E-state index in [0.29, 0.717) is 17.1 Å². The highest BCUT2D eigenvalue weighted by molar-refractivity contribution is 6.44. The number of nitrogens with two attached hydrogens (primary N) is 1. The number of aryl methyl sites for hydroxylation is 1. The Morgan fingerprint density at radius 3 is 2.33 bits per heavy atom. The van der Waals surface area contributed by atoms with Crippen LogP contribution in [0.1, 0.15) is 5.56 Å². The van der Waals surface area contributed by atoms with E-state index in [-0.39, 0.29) is 0 Å². The molecule has 0 saturated heterocycles. The molecule has 5 heteroatoms. The fourth-order valence-electron chi connectivity index (χ4n) is 2.41. The molecule has 0 radical (unpaired) electrons. The van der Waals surface area contributed by atoms with Crippen molar-refractivity contribution in [3.63, 3.8) is 0 Å². The lowest BCUT2D eigenvalue weighted by atomic mass is 10.1. The monoisotopic (exact) mass is 319 g/mol. The van der Waals surface area contributed by atoms with Gasteiger partial charge in [-0.2, -0.15) is 0 Å². The van der Waals surface area contributed by atoms with E-state index in [2.05, 4.69) is 10.6 Å². The Balaban J connectivity index is 1.73. The van der Waals surface area contributed by atoms with E-state index in [1.54, 1.807) is 18.2 Å². The highest BCUT2D eigenvalue weighted by atomic mass is 16.2. The lowest BCUT2D eigenvalue weighted by Crippen LogP contribution is -2.29. The average molecular weight is 319 g/mol. The molecule has 0 aliphatic carbocycles. The number of nitrogen functional groups attached to an aromatic ring is 1. The van der Waals surface area contributed by atoms with Crippen LogP contribution in [0.3, 0.4) is 0 Å². The van der Waals surface area contributed by atoms with Gasteiger partial charge in [0.05, 0.1) is 11.4 Å². The Hall–Kier alpha value is -3.34. The maximum atomic E-state index is 12.1. The molecule has 0 aromatic heterocycles. The van der Waals surface area contributed by atoms with Crippen LogP contribution in [0.2, 0.25) is 0 Å². The molecule has 3 rings (SSSR count). The van der Waals surface area contributed by atoms with Gasteiger partial charge >= 0.3 is 11.8 Å². The largest absolute Gasteiger partial charge is 0.397 e. The Kier molecular flexibility index (Phi) is 4.16. The van der Waals surface area contributed by atoms with Crippen molar-refractivity contribution < 1.29 is 9.59 Å². The molecule has 0 saturated carbocycles. The van der Waals surface area contributed by atoms with Gasteiger partial charge in [0.15, 0.2) is 0 Å². The third kappa shape index (κ3) is 3.35. The molecule has 0 aliphatic rings. The van der Waals surface area contributed by atoms with Crippen LogP contribution < -0.4 is 16.4 Å². The number of amides is 2. The molecule has 4 N–H and O–H groups in total. The zero-order chi connectivity index (χ0) is 17.1. The van der Waals surface area contributed by atoms with Crippen molar-refractivity contribution in [2.75, 3.05) is 16.4 Å². The fraction of sp³-hybridized carbons (Fsp3) is 0.0526. The summed E-state index contributed by atoms with van der Waals surface area (Å²) in [6.07, 6.45) is 0. The van der Waals surface area contributed by atoms with Crippen LogP contribution in [0.5, 0.6) is 0 Å². The molecule has 0 fully saturated rings. The van der Waals surface area contributed by atoms with Crippen molar-refractivity contribution in [2.45, 2.75) is 6.92 Å². The number of carbonyl (C=O) groups is 2. The zero-order valence-corrected chi connectivity index (χ0v) is 13.2. The highest BCUT2D eigenvalue weighted by Crippen LogP contribution is 2.21. The number of anilines is 3. The van der Waals surface area contributed by atoms with Crippen molar-refractivity contribution in [2.24, 2.45) is 0 Å². The number of nitrogens with one attached hydrogen (secondary N) is 2. The molecule has 0 unspecified atom stereocenters. The summed E-state index contributed by atoms with van der Waals surface area (Å²) in [7, 11) is 0. The minimum Gasteiger partial charge on any atom is -0.397 e. The van der Waals surface area contributed by atoms with E-state index in [1.165, 1.54) is 0 Å². The second-order valence-corrected chi connectivity index (χ2v) is 5.56. The zero-order valence-electron chi connectivity index (χ0n) is 13.2. The molecule has 3 aromatic rings. The summed E-state index contributed by atoms with van der Waals surface area (Å²) in [4.78, 5) is 24.2. The standard InChI is InChI=1S/C19H17N3O2/c1-12-6-9-16(20)17(10-12)22-19(24)18(23)21-15-8-7-13-4-2-3-5-14(13)11-15/h2-11H,20H2,1H3,(H,21,23)(H,22,24). The van der Waals surface area contributed by atoms with Gasteiger partial charge in [0, 0.05) is 5.69 Å². The lowest BCUT2D eigenvalue weighted by Gasteiger charge is -2.10. The lowest BCUT2D eigenvalue weighted by molar-refractivity contribution is -0.132. The molecule has 24 heavy (non-hydrogen) atoms. The second-order valence-electron chi connectivity index (χ2n) is 5.56. The van der Waals surface area contributed by atoms with Gasteiger partial charge in [-0.25, -0.2) is 0 Å². The van der Waals surface area contributed by atoms with Gasteiger partial charge in [-0.15, -0.1) is 0 Å². The molecule has 0 spiro atoms. The van der Waals surface area contributed by atoms with Crippen LogP contribution in [0, 0.1) is 6.92 Å². The van der Waals surface area contributed by atoms with Crippen molar-refractivity contribution in [3.8, 4) is 0 Å². The average Bonchev–Trinajstić information content (AvgIpc) is 2.58. The van der Waals surface area contributed by atoms with Crippen molar-refractivity contribution in [3.05, 3.63) is 66.2 Å². The van der Waals surface area contributed by atoms with E-state index in [0.717, 1.165) is 16.3 Å². The summed E-state index contributed by atoms with van der Waals surface area (Å²) in [6, 6.07) is 18.5. The van der Waals surface area contributed by atoms with Gasteiger partial charge in [-0.3, -0.25) is 9.59 Å². The molecule has 0 aliphatic heterocycles. The smallest absolute Gasteiger partial charge is 0.314 e. The topological polar surface area (TPSA) is 84.2 Å². The van der Waals surface area contributed by atoms with Crippen LogP contribution in [0.25, 0.3) is 10.8 Å². The summed E-state index contributed by atoms with van der Waals surface area (Å²) >= 11 is 0. The van der Waals surface area contributed by atoms with Gasteiger partial charge in [0.2, 0.25) is 0 Å². The maximum absolute atomic E-state index is 12.1. The molecule has 3 aromatic carbocycles. The van der Waals surface area contributed by atoms with Gasteiger partial charge < -0.3 is 16.4 Å². The predicted octanol–water partition coefficient (Wildman–Crippen LogP) is 3.31. The summed E-state index contributed by atoms with van der Waals surface area (Å²) in [6.45, 7) is 1.88. The Morgan fingerprint density at radius 2 is 1.54 bits per heavy atom. The van der Waals surface area contributed by atoms with Crippen LogP contribution >= 0.6 is 0 Å². The van der Waals surface area contributed by atoms with Crippen molar-refractivity contribution >= 4 is 39.6 Å².